The van der Waals surface area contributed by atoms with Gasteiger partial charge in [-0.15, -0.1) is 0 Å². The lowest BCUT2D eigenvalue weighted by molar-refractivity contribution is -0.128. The first-order chi connectivity index (χ1) is 12.7. The van der Waals surface area contributed by atoms with Crippen molar-refractivity contribution >= 4 is 11.6 Å². The van der Waals surface area contributed by atoms with Crippen LogP contribution in [0, 0.1) is 17.8 Å². The van der Waals surface area contributed by atoms with Gasteiger partial charge in [0.2, 0.25) is 5.91 Å². The van der Waals surface area contributed by atoms with E-state index in [1.165, 1.54) is 19.3 Å². The molecule has 2 saturated carbocycles. The summed E-state index contributed by atoms with van der Waals surface area (Å²) in [6.07, 6.45) is 6.63. The van der Waals surface area contributed by atoms with E-state index in [9.17, 15) is 4.79 Å². The number of benzene rings is 1. The van der Waals surface area contributed by atoms with Crippen molar-refractivity contribution in [2.75, 3.05) is 25.1 Å². The smallest absolute Gasteiger partial charge is 0.223 e. The Kier molecular flexibility index (Phi) is 5.07. The van der Waals surface area contributed by atoms with Crippen molar-refractivity contribution in [3.8, 4) is 5.75 Å². The van der Waals surface area contributed by atoms with Gasteiger partial charge in [-0.25, -0.2) is 0 Å². The van der Waals surface area contributed by atoms with Gasteiger partial charge in [0.1, 0.15) is 5.75 Å². The lowest BCUT2D eigenvalue weighted by atomic mass is 9.65. The fraction of sp³-hybridized carbons (Fsp3) is 0.667. The Hall–Kier alpha value is -1.75. The summed E-state index contributed by atoms with van der Waals surface area (Å²) in [5.74, 6) is 2.40. The molecule has 4 rings (SSSR count). The number of amides is 1. The number of methoxy groups -OCH3 is 1. The minimum atomic E-state index is 0.158. The van der Waals surface area contributed by atoms with E-state index in [-0.39, 0.29) is 17.9 Å². The third-order valence-corrected chi connectivity index (χ3v) is 6.74. The summed E-state index contributed by atoms with van der Waals surface area (Å²) in [6, 6.07) is 8.65. The molecule has 1 aliphatic heterocycles. The third-order valence-electron chi connectivity index (χ3n) is 6.74. The van der Waals surface area contributed by atoms with E-state index in [1.54, 1.807) is 7.11 Å². The molecular weight excluding hydrogens is 326 g/mol. The maximum atomic E-state index is 12.9. The van der Waals surface area contributed by atoms with E-state index < -0.39 is 0 Å². The number of para-hydroxylation sites is 2. The van der Waals surface area contributed by atoms with Crippen LogP contribution in [0.2, 0.25) is 0 Å². The zero-order chi connectivity index (χ0) is 18.1. The van der Waals surface area contributed by atoms with Gasteiger partial charge in [-0.05, 0) is 56.1 Å². The van der Waals surface area contributed by atoms with E-state index in [2.05, 4.69) is 16.3 Å². The number of carbonyl (C=O) groups is 1. The van der Waals surface area contributed by atoms with E-state index in [4.69, 9.17) is 10.5 Å². The van der Waals surface area contributed by atoms with Crippen LogP contribution in [0.25, 0.3) is 0 Å². The quantitative estimate of drug-likeness (QED) is 0.869. The number of fused-ring (bicyclic) bond motifs is 2. The van der Waals surface area contributed by atoms with Crippen molar-refractivity contribution in [2.45, 2.75) is 50.6 Å². The van der Waals surface area contributed by atoms with Crippen LogP contribution in [0.1, 0.15) is 38.5 Å². The van der Waals surface area contributed by atoms with Gasteiger partial charge in [0.25, 0.3) is 0 Å². The number of nitrogens with zero attached hydrogens (tertiary/aromatic N) is 1. The molecule has 0 radical (unpaired) electrons. The second-order valence-corrected chi connectivity index (χ2v) is 8.31. The molecule has 1 aromatic carbocycles. The summed E-state index contributed by atoms with van der Waals surface area (Å²) >= 11 is 0. The predicted octanol–water partition coefficient (Wildman–Crippen LogP) is 2.54. The number of carbonyl (C=O) groups excluding carboxylic acids is 1. The predicted molar refractivity (Wildman–Crippen MR) is 103 cm³/mol. The second-order valence-electron chi connectivity index (χ2n) is 8.31. The van der Waals surface area contributed by atoms with Crippen molar-refractivity contribution in [3.05, 3.63) is 24.3 Å². The Labute approximate surface area is 156 Å². The summed E-state index contributed by atoms with van der Waals surface area (Å²) in [4.78, 5) is 15.2. The molecule has 2 bridgehead atoms. The monoisotopic (exact) mass is 357 g/mol. The Balaban J connectivity index is 1.34. The summed E-state index contributed by atoms with van der Waals surface area (Å²) in [7, 11) is 1.71. The molecule has 1 amide bonds. The molecule has 2 aliphatic carbocycles. The van der Waals surface area contributed by atoms with Crippen LogP contribution in [0.15, 0.2) is 24.3 Å². The maximum absolute atomic E-state index is 12.9. The first kappa shape index (κ1) is 17.7. The lowest BCUT2D eigenvalue weighted by Crippen LogP contribution is -2.50. The van der Waals surface area contributed by atoms with Gasteiger partial charge in [-0.2, -0.15) is 0 Å². The lowest BCUT2D eigenvalue weighted by Gasteiger charge is -2.43. The highest BCUT2D eigenvalue weighted by atomic mass is 16.5. The standard InChI is InChI=1S/C21H31N3O2/c1-26-19-8-3-2-7-18(19)24-10-9-17(13-24)23-21(25)16-11-14-5-4-6-15(12-16)20(14)22/h2-3,7-8,14-17,20H,4-6,9-13,22H2,1H3,(H,23,25). The van der Waals surface area contributed by atoms with Crippen LogP contribution in [-0.2, 0) is 4.79 Å². The van der Waals surface area contributed by atoms with E-state index in [0.29, 0.717) is 17.9 Å². The van der Waals surface area contributed by atoms with Crippen molar-refractivity contribution in [1.29, 1.82) is 0 Å². The van der Waals surface area contributed by atoms with Gasteiger partial charge in [-0.3, -0.25) is 4.79 Å². The highest BCUT2D eigenvalue weighted by Gasteiger charge is 2.41. The number of hydrogen-bond acceptors (Lipinski definition) is 4. The van der Waals surface area contributed by atoms with Crippen molar-refractivity contribution in [3.63, 3.8) is 0 Å². The van der Waals surface area contributed by atoms with Crippen molar-refractivity contribution in [2.24, 2.45) is 23.5 Å². The zero-order valence-corrected chi connectivity index (χ0v) is 15.7. The molecule has 3 N–H and O–H groups in total. The Bertz CT molecular complexity index is 636. The van der Waals surface area contributed by atoms with Gasteiger partial charge in [0.05, 0.1) is 12.8 Å². The molecule has 5 heteroatoms. The average Bonchev–Trinajstić information content (AvgIpc) is 3.09. The average molecular weight is 357 g/mol. The van der Waals surface area contributed by atoms with Gasteiger partial charge >= 0.3 is 0 Å². The number of nitrogens with two attached hydrogens (primary N) is 1. The van der Waals surface area contributed by atoms with E-state index >= 15 is 0 Å². The molecule has 0 aromatic heterocycles. The van der Waals surface area contributed by atoms with Crippen LogP contribution in [0.3, 0.4) is 0 Å². The van der Waals surface area contributed by atoms with Crippen molar-refractivity contribution < 1.29 is 9.53 Å². The summed E-state index contributed by atoms with van der Waals surface area (Å²) in [6.45, 7) is 1.80. The summed E-state index contributed by atoms with van der Waals surface area (Å²) < 4.78 is 5.48. The number of hydrogen-bond donors (Lipinski definition) is 2. The normalized spacial score (nSPS) is 33.8. The Morgan fingerprint density at radius 2 is 1.92 bits per heavy atom. The van der Waals surface area contributed by atoms with Crippen LogP contribution >= 0.6 is 0 Å². The molecule has 3 aliphatic rings. The van der Waals surface area contributed by atoms with Crippen LogP contribution in [-0.4, -0.2) is 38.2 Å². The number of rotatable bonds is 4. The number of ether oxygens (including phenoxy) is 1. The Morgan fingerprint density at radius 1 is 1.19 bits per heavy atom. The number of nitrogens with one attached hydrogen (secondary N) is 1. The van der Waals surface area contributed by atoms with Gasteiger partial charge < -0.3 is 20.7 Å². The minimum absolute atomic E-state index is 0.158. The summed E-state index contributed by atoms with van der Waals surface area (Å²) in [5, 5.41) is 3.33. The molecule has 1 heterocycles. The minimum Gasteiger partial charge on any atom is -0.495 e. The van der Waals surface area contributed by atoms with E-state index in [0.717, 1.165) is 43.8 Å². The molecule has 26 heavy (non-hydrogen) atoms. The first-order valence-corrected chi connectivity index (χ1v) is 10.1. The fourth-order valence-electron chi connectivity index (χ4n) is 5.31. The molecular formula is C21H31N3O2. The largest absolute Gasteiger partial charge is 0.495 e. The van der Waals surface area contributed by atoms with Gasteiger partial charge in [-0.1, -0.05) is 18.6 Å². The molecule has 3 atom stereocenters. The van der Waals surface area contributed by atoms with Crippen molar-refractivity contribution in [1.82, 2.24) is 5.32 Å². The molecule has 1 saturated heterocycles. The molecule has 3 fully saturated rings. The molecule has 142 valence electrons. The van der Waals surface area contributed by atoms with E-state index in [1.807, 2.05) is 18.2 Å². The molecule has 1 aromatic rings. The molecule has 0 spiro atoms. The molecule has 5 nitrogen and oxygen atoms in total. The Morgan fingerprint density at radius 3 is 2.65 bits per heavy atom. The number of anilines is 1. The SMILES string of the molecule is COc1ccccc1N1CCC(NC(=O)C2CC3CCCC(C2)C3N)C1. The van der Waals surface area contributed by atoms with Gasteiger partial charge in [0.15, 0.2) is 0 Å². The maximum Gasteiger partial charge on any atom is 0.223 e. The van der Waals surface area contributed by atoms with Gasteiger partial charge in [0, 0.05) is 31.1 Å². The topological polar surface area (TPSA) is 67.6 Å². The van der Waals surface area contributed by atoms with Crippen LogP contribution in [0.4, 0.5) is 5.69 Å². The first-order valence-electron chi connectivity index (χ1n) is 10.1. The second kappa shape index (κ2) is 7.47. The highest BCUT2D eigenvalue weighted by molar-refractivity contribution is 5.79. The fourth-order valence-corrected chi connectivity index (χ4v) is 5.31. The third kappa shape index (κ3) is 3.41. The summed E-state index contributed by atoms with van der Waals surface area (Å²) in [5.41, 5.74) is 7.49. The van der Waals surface area contributed by atoms with Crippen LogP contribution in [0.5, 0.6) is 5.75 Å². The highest BCUT2D eigenvalue weighted by Crippen LogP contribution is 2.42. The van der Waals surface area contributed by atoms with Crippen LogP contribution < -0.4 is 20.7 Å². The molecule has 3 unspecified atom stereocenters. The zero-order valence-electron chi connectivity index (χ0n) is 15.7.